The predicted octanol–water partition coefficient (Wildman–Crippen LogP) is 3.09. The molecule has 128 valence electrons. The van der Waals surface area contributed by atoms with Crippen molar-refractivity contribution in [2.45, 2.75) is 5.75 Å². The lowest BCUT2D eigenvalue weighted by Crippen LogP contribution is -2.06. The highest BCUT2D eigenvalue weighted by molar-refractivity contribution is 8.13. The summed E-state index contributed by atoms with van der Waals surface area (Å²) >= 11 is 1.24. The third-order valence-corrected chi connectivity index (χ3v) is 3.86. The topological polar surface area (TPSA) is 137 Å². The van der Waals surface area contributed by atoms with Gasteiger partial charge < -0.3 is 5.73 Å². The molecule has 10 heteroatoms. The van der Waals surface area contributed by atoms with Crippen molar-refractivity contribution in [1.82, 2.24) is 0 Å². The van der Waals surface area contributed by atoms with Gasteiger partial charge in [0.05, 0.1) is 16.1 Å². The van der Waals surface area contributed by atoms with Gasteiger partial charge in [-0.25, -0.2) is 0 Å². The summed E-state index contributed by atoms with van der Waals surface area (Å²) in [5.74, 6) is 0.500. The maximum Gasteiger partial charge on any atom is 0.269 e. The van der Waals surface area contributed by atoms with E-state index in [1.165, 1.54) is 42.2 Å². The van der Waals surface area contributed by atoms with Crippen molar-refractivity contribution in [2.24, 2.45) is 15.9 Å². The van der Waals surface area contributed by atoms with E-state index in [1.54, 1.807) is 24.3 Å². The summed E-state index contributed by atoms with van der Waals surface area (Å²) in [6.07, 6.45) is 1.43. The number of hydrogen-bond acceptors (Lipinski definition) is 7. The molecule has 0 aliphatic carbocycles. The third-order valence-electron chi connectivity index (χ3n) is 3.00. The van der Waals surface area contributed by atoms with E-state index in [-0.39, 0.29) is 16.5 Å². The summed E-state index contributed by atoms with van der Waals surface area (Å²) in [6, 6.07) is 12.0. The van der Waals surface area contributed by atoms with Crippen LogP contribution in [0.25, 0.3) is 0 Å². The minimum atomic E-state index is -0.480. The number of amidine groups is 1. The summed E-state index contributed by atoms with van der Waals surface area (Å²) in [6.45, 7) is 0. The Kier molecular flexibility index (Phi) is 6.18. The first-order chi connectivity index (χ1) is 12.0. The molecule has 2 aromatic carbocycles. The summed E-state index contributed by atoms with van der Waals surface area (Å²) in [7, 11) is 0. The molecule has 9 nitrogen and oxygen atoms in total. The molecule has 0 heterocycles. The summed E-state index contributed by atoms with van der Waals surface area (Å²) in [5, 5.41) is 29.0. The summed E-state index contributed by atoms with van der Waals surface area (Å²) < 4.78 is 0. The fraction of sp³-hybridized carbons (Fsp3) is 0.0667. The number of non-ortho nitro benzene ring substituents is 2. The van der Waals surface area contributed by atoms with Gasteiger partial charge in [-0.05, 0) is 23.3 Å². The Balaban J connectivity index is 1.88. The number of nitro benzene ring substituents is 2. The quantitative estimate of drug-likeness (QED) is 0.364. The van der Waals surface area contributed by atoms with Gasteiger partial charge in [0.1, 0.15) is 0 Å². The zero-order valence-corrected chi connectivity index (χ0v) is 13.6. The first-order valence-electron chi connectivity index (χ1n) is 6.93. The molecule has 0 saturated heterocycles. The highest BCUT2D eigenvalue weighted by Gasteiger charge is 2.05. The number of benzene rings is 2. The summed E-state index contributed by atoms with van der Waals surface area (Å²) in [5.41, 5.74) is 7.28. The van der Waals surface area contributed by atoms with Gasteiger partial charge in [-0.2, -0.15) is 5.10 Å². The molecule has 0 spiro atoms. The molecular formula is C15H13N5O4S. The van der Waals surface area contributed by atoms with Crippen molar-refractivity contribution in [2.75, 3.05) is 0 Å². The SMILES string of the molecule is N/C(=N\N=C\c1ccc([N+](=O)[O-])cc1)SCc1ccc([N+](=O)[O-])cc1. The fourth-order valence-corrected chi connectivity index (χ4v) is 2.35. The van der Waals surface area contributed by atoms with Crippen LogP contribution in [0.4, 0.5) is 11.4 Å². The Morgan fingerprint density at radius 1 is 1.00 bits per heavy atom. The molecule has 2 N–H and O–H groups in total. The van der Waals surface area contributed by atoms with Crippen molar-refractivity contribution < 1.29 is 9.85 Å². The van der Waals surface area contributed by atoms with Crippen LogP contribution in [0.1, 0.15) is 11.1 Å². The maximum atomic E-state index is 10.6. The van der Waals surface area contributed by atoms with Gasteiger partial charge >= 0.3 is 0 Å². The van der Waals surface area contributed by atoms with Crippen LogP contribution in [-0.4, -0.2) is 21.2 Å². The van der Waals surface area contributed by atoms with Crippen LogP contribution in [-0.2, 0) is 5.75 Å². The van der Waals surface area contributed by atoms with Crippen LogP contribution in [0, 0.1) is 20.2 Å². The second-order valence-electron chi connectivity index (χ2n) is 4.74. The first-order valence-corrected chi connectivity index (χ1v) is 7.91. The van der Waals surface area contributed by atoms with E-state index in [9.17, 15) is 20.2 Å². The number of nitro groups is 2. The average Bonchev–Trinajstić information content (AvgIpc) is 2.60. The van der Waals surface area contributed by atoms with Crippen molar-refractivity contribution in [3.8, 4) is 0 Å². The van der Waals surface area contributed by atoms with Crippen molar-refractivity contribution >= 4 is 34.5 Å². The predicted molar refractivity (Wildman–Crippen MR) is 96.7 cm³/mol. The van der Waals surface area contributed by atoms with Crippen LogP contribution in [0.2, 0.25) is 0 Å². The van der Waals surface area contributed by atoms with Gasteiger partial charge in [0.25, 0.3) is 11.4 Å². The number of thioether (sulfide) groups is 1. The lowest BCUT2D eigenvalue weighted by atomic mass is 10.2. The van der Waals surface area contributed by atoms with Gasteiger partial charge in [-0.1, -0.05) is 23.9 Å². The van der Waals surface area contributed by atoms with Crippen LogP contribution in [0.3, 0.4) is 0 Å². The Hall–Kier alpha value is -3.27. The normalized spacial score (nSPS) is 11.6. The second-order valence-corrected chi connectivity index (χ2v) is 5.74. The second kappa shape index (κ2) is 8.55. The van der Waals surface area contributed by atoms with Crippen LogP contribution >= 0.6 is 11.8 Å². The van der Waals surface area contributed by atoms with E-state index in [4.69, 9.17) is 5.73 Å². The Bertz CT molecular complexity index is 819. The smallest absolute Gasteiger partial charge is 0.269 e. The third kappa shape index (κ3) is 5.70. The molecule has 0 amide bonds. The largest absolute Gasteiger partial charge is 0.377 e. The molecular weight excluding hydrogens is 346 g/mol. The number of nitrogens with two attached hydrogens (primary N) is 1. The molecule has 2 aromatic rings. The van der Waals surface area contributed by atoms with E-state index in [1.807, 2.05) is 0 Å². The fourth-order valence-electron chi connectivity index (χ4n) is 1.73. The molecule has 0 atom stereocenters. The summed E-state index contributed by atoms with van der Waals surface area (Å²) in [4.78, 5) is 20.2. The van der Waals surface area contributed by atoms with E-state index < -0.39 is 9.85 Å². The van der Waals surface area contributed by atoms with Crippen molar-refractivity contribution in [1.29, 1.82) is 0 Å². The van der Waals surface area contributed by atoms with E-state index in [0.29, 0.717) is 11.3 Å². The molecule has 0 fully saturated rings. The molecule has 0 saturated carbocycles. The zero-order valence-electron chi connectivity index (χ0n) is 12.8. The molecule has 0 aromatic heterocycles. The molecule has 0 aliphatic heterocycles. The monoisotopic (exact) mass is 359 g/mol. The minimum Gasteiger partial charge on any atom is -0.377 e. The van der Waals surface area contributed by atoms with Gasteiger partial charge in [-0.3, -0.25) is 20.2 Å². The first kappa shape index (κ1) is 18.1. The van der Waals surface area contributed by atoms with Gasteiger partial charge in [0.15, 0.2) is 5.17 Å². The maximum absolute atomic E-state index is 10.6. The zero-order chi connectivity index (χ0) is 18.2. The van der Waals surface area contributed by atoms with Crippen LogP contribution < -0.4 is 5.73 Å². The van der Waals surface area contributed by atoms with Crippen LogP contribution in [0.5, 0.6) is 0 Å². The standard InChI is InChI=1S/C15H13N5O4S/c16-15(25-10-12-3-7-14(8-4-12)20(23)24)18-17-9-11-1-5-13(6-2-11)19(21)22/h1-9H,10H2,(H2,16,18)/b17-9+. The molecule has 0 unspecified atom stereocenters. The van der Waals surface area contributed by atoms with E-state index >= 15 is 0 Å². The lowest BCUT2D eigenvalue weighted by Gasteiger charge is -2.00. The minimum absolute atomic E-state index is 0.00109. The lowest BCUT2D eigenvalue weighted by molar-refractivity contribution is -0.385. The molecule has 0 aliphatic rings. The molecule has 25 heavy (non-hydrogen) atoms. The molecule has 0 bridgehead atoms. The Morgan fingerprint density at radius 3 is 2.04 bits per heavy atom. The highest BCUT2D eigenvalue weighted by Crippen LogP contribution is 2.17. The molecule has 0 radical (unpaired) electrons. The van der Waals surface area contributed by atoms with Crippen LogP contribution in [0.15, 0.2) is 58.7 Å². The highest BCUT2D eigenvalue weighted by atomic mass is 32.2. The van der Waals surface area contributed by atoms with E-state index in [2.05, 4.69) is 10.2 Å². The van der Waals surface area contributed by atoms with Gasteiger partial charge in [-0.15, -0.1) is 5.10 Å². The number of rotatable bonds is 6. The Morgan fingerprint density at radius 2 is 1.52 bits per heavy atom. The van der Waals surface area contributed by atoms with Gasteiger partial charge in [0, 0.05) is 30.0 Å². The Labute approximate surface area is 146 Å². The van der Waals surface area contributed by atoms with Crippen molar-refractivity contribution in [3.05, 3.63) is 79.9 Å². The number of hydrogen-bond donors (Lipinski definition) is 1. The molecule has 2 rings (SSSR count). The van der Waals surface area contributed by atoms with Crippen molar-refractivity contribution in [3.63, 3.8) is 0 Å². The van der Waals surface area contributed by atoms with E-state index in [0.717, 1.165) is 5.56 Å². The van der Waals surface area contributed by atoms with Gasteiger partial charge in [0.2, 0.25) is 0 Å². The number of nitrogens with zero attached hydrogens (tertiary/aromatic N) is 4. The average molecular weight is 359 g/mol.